The van der Waals surface area contributed by atoms with Gasteiger partial charge in [-0.15, -0.1) is 10.2 Å². The first kappa shape index (κ1) is 19.5. The highest BCUT2D eigenvalue weighted by molar-refractivity contribution is 7.99. The molecule has 0 saturated heterocycles. The minimum atomic E-state index is -0.0915. The van der Waals surface area contributed by atoms with Crippen molar-refractivity contribution in [3.8, 4) is 11.6 Å². The summed E-state index contributed by atoms with van der Waals surface area (Å²) < 4.78 is 7.84. The van der Waals surface area contributed by atoms with Crippen LogP contribution in [0.3, 0.4) is 0 Å². The molecule has 0 aliphatic rings. The Hall–Kier alpha value is -2.77. The second-order valence-corrected chi connectivity index (χ2v) is 7.93. The number of aryl methyl sites for hydroxylation is 1. The highest BCUT2D eigenvalue weighted by atomic mass is 35.5. The van der Waals surface area contributed by atoms with Crippen molar-refractivity contribution in [3.63, 3.8) is 0 Å². The smallest absolute Gasteiger partial charge is 0.234 e. The molecule has 0 spiro atoms. The monoisotopic (exact) mass is 426 g/mol. The molecule has 0 radical (unpaired) electrons. The van der Waals surface area contributed by atoms with E-state index in [1.807, 2.05) is 60.9 Å². The number of carbonyl (C=O) groups excluding carboxylic acids is 1. The van der Waals surface area contributed by atoms with Gasteiger partial charge < -0.3 is 9.73 Å². The number of carbonyl (C=O) groups is 1. The van der Waals surface area contributed by atoms with Crippen molar-refractivity contribution in [1.29, 1.82) is 0 Å². The Kier molecular flexibility index (Phi) is 5.60. The molecule has 1 N–H and O–H groups in total. The molecule has 6 nitrogen and oxygen atoms in total. The van der Waals surface area contributed by atoms with Crippen LogP contribution in [0, 0.1) is 6.92 Å². The molecule has 0 aliphatic heterocycles. The Morgan fingerprint density at radius 3 is 2.86 bits per heavy atom. The second kappa shape index (κ2) is 8.31. The van der Waals surface area contributed by atoms with Gasteiger partial charge in [-0.1, -0.05) is 35.5 Å². The molecule has 4 aromatic rings. The Labute approximate surface area is 177 Å². The number of amides is 1. The van der Waals surface area contributed by atoms with Crippen LogP contribution in [0.5, 0.6) is 0 Å². The predicted molar refractivity (Wildman–Crippen MR) is 116 cm³/mol. The van der Waals surface area contributed by atoms with Crippen molar-refractivity contribution in [3.05, 3.63) is 59.1 Å². The van der Waals surface area contributed by atoms with Gasteiger partial charge in [0.05, 0.1) is 5.75 Å². The van der Waals surface area contributed by atoms with E-state index in [4.69, 9.17) is 16.0 Å². The molecule has 148 valence electrons. The van der Waals surface area contributed by atoms with Crippen LogP contribution in [0.1, 0.15) is 12.5 Å². The topological polar surface area (TPSA) is 73.0 Å². The molecule has 0 atom stereocenters. The Morgan fingerprint density at radius 1 is 1.21 bits per heavy atom. The Bertz CT molecular complexity index is 1180. The third-order valence-electron chi connectivity index (χ3n) is 4.37. The van der Waals surface area contributed by atoms with Crippen molar-refractivity contribution >= 4 is 45.9 Å². The lowest BCUT2D eigenvalue weighted by Crippen LogP contribution is -2.14. The number of hydrogen-bond acceptors (Lipinski definition) is 5. The zero-order valence-corrected chi connectivity index (χ0v) is 17.5. The van der Waals surface area contributed by atoms with Gasteiger partial charge in [0.25, 0.3) is 0 Å². The van der Waals surface area contributed by atoms with Crippen molar-refractivity contribution in [1.82, 2.24) is 14.8 Å². The molecular formula is C21H19ClN4O2S. The Morgan fingerprint density at radius 2 is 2.07 bits per heavy atom. The molecule has 29 heavy (non-hydrogen) atoms. The fraction of sp³-hybridized carbons (Fsp3) is 0.190. The van der Waals surface area contributed by atoms with E-state index in [9.17, 15) is 4.79 Å². The first-order valence-electron chi connectivity index (χ1n) is 9.15. The molecule has 4 rings (SSSR count). The van der Waals surface area contributed by atoms with E-state index in [2.05, 4.69) is 15.5 Å². The standard InChI is InChI=1S/C21H19ClN4O2S/c1-3-26-20(18-11-14-10-15(22)7-8-17(14)28-18)24-25-21(26)29-12-19(27)23-16-6-4-5-13(2)9-16/h4-11H,3,12H2,1-2H3,(H,23,27). The first-order valence-corrected chi connectivity index (χ1v) is 10.5. The molecule has 2 aromatic heterocycles. The number of fused-ring (bicyclic) bond motifs is 1. The van der Waals surface area contributed by atoms with E-state index in [0.29, 0.717) is 28.3 Å². The SMILES string of the molecule is CCn1c(SCC(=O)Nc2cccc(C)c2)nnc1-c1cc2cc(Cl)ccc2o1. The fourth-order valence-corrected chi connectivity index (χ4v) is 4.02. The highest BCUT2D eigenvalue weighted by Gasteiger charge is 2.18. The number of nitrogens with one attached hydrogen (secondary N) is 1. The number of thioether (sulfide) groups is 1. The quantitative estimate of drug-likeness (QED) is 0.417. The van der Waals surface area contributed by atoms with Crippen molar-refractivity contribution in [2.24, 2.45) is 0 Å². The van der Waals surface area contributed by atoms with Crippen LogP contribution in [0.4, 0.5) is 5.69 Å². The lowest BCUT2D eigenvalue weighted by Gasteiger charge is -2.07. The normalized spacial score (nSPS) is 11.1. The van der Waals surface area contributed by atoms with Gasteiger partial charge in [0.15, 0.2) is 10.9 Å². The third-order valence-corrected chi connectivity index (χ3v) is 5.57. The van der Waals surface area contributed by atoms with Crippen LogP contribution in [0.15, 0.2) is 58.1 Å². The molecule has 0 unspecified atom stereocenters. The van der Waals surface area contributed by atoms with Gasteiger partial charge in [0.2, 0.25) is 11.7 Å². The predicted octanol–water partition coefficient (Wildman–Crippen LogP) is 5.40. The molecule has 1 amide bonds. The van der Waals surface area contributed by atoms with Crippen LogP contribution >= 0.6 is 23.4 Å². The summed E-state index contributed by atoms with van der Waals surface area (Å²) in [7, 11) is 0. The highest BCUT2D eigenvalue weighted by Crippen LogP contribution is 2.30. The summed E-state index contributed by atoms with van der Waals surface area (Å²) >= 11 is 7.40. The van der Waals surface area contributed by atoms with E-state index < -0.39 is 0 Å². The summed E-state index contributed by atoms with van der Waals surface area (Å²) in [6, 6.07) is 15.1. The average molecular weight is 427 g/mol. The minimum Gasteiger partial charge on any atom is -0.453 e. The largest absolute Gasteiger partial charge is 0.453 e. The second-order valence-electron chi connectivity index (χ2n) is 6.55. The number of nitrogens with zero attached hydrogens (tertiary/aromatic N) is 3. The molecule has 0 saturated carbocycles. The summed E-state index contributed by atoms with van der Waals surface area (Å²) in [6.45, 7) is 4.65. The third kappa shape index (κ3) is 4.31. The number of halogens is 1. The minimum absolute atomic E-state index is 0.0915. The number of rotatable bonds is 6. The zero-order valence-electron chi connectivity index (χ0n) is 16.0. The Balaban J connectivity index is 1.50. The van der Waals surface area contributed by atoms with E-state index in [0.717, 1.165) is 22.2 Å². The van der Waals surface area contributed by atoms with Crippen molar-refractivity contribution in [2.75, 3.05) is 11.1 Å². The number of furan rings is 1. The maximum atomic E-state index is 12.3. The van der Waals surface area contributed by atoms with E-state index >= 15 is 0 Å². The van der Waals surface area contributed by atoms with Crippen molar-refractivity contribution < 1.29 is 9.21 Å². The summed E-state index contributed by atoms with van der Waals surface area (Å²) in [6.07, 6.45) is 0. The van der Waals surface area contributed by atoms with Gasteiger partial charge >= 0.3 is 0 Å². The van der Waals surface area contributed by atoms with Crippen LogP contribution < -0.4 is 5.32 Å². The van der Waals surface area contributed by atoms with Gasteiger partial charge in [-0.3, -0.25) is 9.36 Å². The van der Waals surface area contributed by atoms with Gasteiger partial charge in [-0.05, 0) is 55.8 Å². The van der Waals surface area contributed by atoms with Crippen LogP contribution in [0.25, 0.3) is 22.6 Å². The van der Waals surface area contributed by atoms with Gasteiger partial charge in [0.1, 0.15) is 5.58 Å². The molecule has 0 aliphatic carbocycles. The number of anilines is 1. The lowest BCUT2D eigenvalue weighted by molar-refractivity contribution is -0.113. The summed E-state index contributed by atoms with van der Waals surface area (Å²) in [4.78, 5) is 12.3. The maximum absolute atomic E-state index is 12.3. The van der Waals surface area contributed by atoms with E-state index in [1.165, 1.54) is 11.8 Å². The molecule has 2 aromatic carbocycles. The number of benzene rings is 2. The first-order chi connectivity index (χ1) is 14.0. The van der Waals surface area contributed by atoms with E-state index in [1.54, 1.807) is 6.07 Å². The zero-order chi connectivity index (χ0) is 20.4. The molecule has 0 bridgehead atoms. The van der Waals surface area contributed by atoms with Gasteiger partial charge in [0, 0.05) is 22.6 Å². The molecule has 0 fully saturated rings. The average Bonchev–Trinajstić information content (AvgIpc) is 3.29. The van der Waals surface area contributed by atoms with Gasteiger partial charge in [-0.2, -0.15) is 0 Å². The van der Waals surface area contributed by atoms with E-state index in [-0.39, 0.29) is 11.7 Å². The maximum Gasteiger partial charge on any atom is 0.234 e. The van der Waals surface area contributed by atoms with Crippen LogP contribution in [-0.4, -0.2) is 26.4 Å². The van der Waals surface area contributed by atoms with Crippen LogP contribution in [-0.2, 0) is 11.3 Å². The number of hydrogen-bond donors (Lipinski definition) is 1. The fourth-order valence-electron chi connectivity index (χ4n) is 3.04. The number of aromatic nitrogens is 3. The lowest BCUT2D eigenvalue weighted by atomic mass is 10.2. The molecule has 8 heteroatoms. The summed E-state index contributed by atoms with van der Waals surface area (Å²) in [5, 5.41) is 13.7. The molecular weight excluding hydrogens is 408 g/mol. The van der Waals surface area contributed by atoms with Gasteiger partial charge in [-0.25, -0.2) is 0 Å². The molecule has 2 heterocycles. The summed E-state index contributed by atoms with van der Waals surface area (Å²) in [5.74, 6) is 1.39. The van der Waals surface area contributed by atoms with Crippen LogP contribution in [0.2, 0.25) is 5.02 Å². The van der Waals surface area contributed by atoms with Crippen molar-refractivity contribution in [2.45, 2.75) is 25.5 Å². The summed E-state index contributed by atoms with van der Waals surface area (Å²) in [5.41, 5.74) is 2.62.